The van der Waals surface area contributed by atoms with Gasteiger partial charge in [0.2, 0.25) is 0 Å². The van der Waals surface area contributed by atoms with Crippen molar-refractivity contribution in [1.29, 1.82) is 0 Å². The normalized spacial score (nSPS) is 12.9. The van der Waals surface area contributed by atoms with Gasteiger partial charge in [-0.25, -0.2) is 24.9 Å². The highest BCUT2D eigenvalue weighted by Gasteiger charge is 2.35. The topological polar surface area (TPSA) is 64.5 Å². The maximum atomic E-state index is 5.28. The summed E-state index contributed by atoms with van der Waals surface area (Å²) in [5.74, 6) is 1.87. The highest BCUT2D eigenvalue weighted by molar-refractivity contribution is 6.04. The van der Waals surface area contributed by atoms with Gasteiger partial charge in [0.05, 0.1) is 22.4 Å². The Kier molecular flexibility index (Phi) is 7.08. The van der Waals surface area contributed by atoms with Crippen LogP contribution in [0.25, 0.3) is 89.6 Å². The van der Waals surface area contributed by atoms with Crippen molar-refractivity contribution in [3.63, 3.8) is 0 Å². The minimum atomic E-state index is -0.0794. The molecule has 0 aliphatic heterocycles. The highest BCUT2D eigenvalue weighted by Crippen LogP contribution is 2.49. The summed E-state index contributed by atoms with van der Waals surface area (Å²) in [6.45, 7) is 4.63. The van der Waals surface area contributed by atoms with Gasteiger partial charge in [-0.15, -0.1) is 0 Å². The molecule has 9 aromatic rings. The standard InChI is InChI=1S/C48H33N5/c1-48(2)39-19-10-9-18-37(39)38-25-22-35(29-40(38)48)42-27-24-31-21-20-30-23-26-41(49-43(30)44(31)50-42)34-16-11-17-36(28-34)47-52-45(32-12-5-3-6-13-32)51-46(53-47)33-14-7-4-8-15-33/h3-29H,1-2H3. The van der Waals surface area contributed by atoms with Gasteiger partial charge in [0.1, 0.15) is 0 Å². The molecular weight excluding hydrogens is 647 g/mol. The van der Waals surface area contributed by atoms with Crippen LogP contribution in [0.2, 0.25) is 0 Å². The van der Waals surface area contributed by atoms with E-state index in [1.807, 2.05) is 72.8 Å². The molecule has 0 atom stereocenters. The van der Waals surface area contributed by atoms with Gasteiger partial charge in [-0.05, 0) is 46.5 Å². The lowest BCUT2D eigenvalue weighted by molar-refractivity contribution is 0.660. The Labute approximate surface area is 307 Å². The molecule has 3 aromatic heterocycles. The number of hydrogen-bond donors (Lipinski definition) is 0. The lowest BCUT2D eigenvalue weighted by Crippen LogP contribution is -2.14. The number of benzene rings is 6. The average Bonchev–Trinajstić information content (AvgIpc) is 3.46. The molecule has 0 N–H and O–H groups in total. The monoisotopic (exact) mass is 679 g/mol. The molecule has 1 aliphatic carbocycles. The van der Waals surface area contributed by atoms with Crippen LogP contribution in [0, 0.1) is 0 Å². The number of nitrogens with zero attached hydrogens (tertiary/aromatic N) is 5. The first-order chi connectivity index (χ1) is 26.0. The number of fused-ring (bicyclic) bond motifs is 6. The van der Waals surface area contributed by atoms with Crippen molar-refractivity contribution in [2.24, 2.45) is 0 Å². The Morgan fingerprint density at radius 3 is 1.43 bits per heavy atom. The Morgan fingerprint density at radius 1 is 0.340 bits per heavy atom. The summed E-state index contributed by atoms with van der Waals surface area (Å²) in [5, 5.41) is 2.10. The molecule has 5 heteroatoms. The zero-order valence-electron chi connectivity index (χ0n) is 29.3. The largest absolute Gasteiger partial charge is 0.245 e. The van der Waals surface area contributed by atoms with Gasteiger partial charge in [0.25, 0.3) is 0 Å². The van der Waals surface area contributed by atoms with Crippen LogP contribution < -0.4 is 0 Å². The fourth-order valence-electron chi connectivity index (χ4n) is 7.71. The predicted molar refractivity (Wildman–Crippen MR) is 215 cm³/mol. The molecule has 6 aromatic carbocycles. The fourth-order valence-corrected chi connectivity index (χ4v) is 7.71. The van der Waals surface area contributed by atoms with Crippen LogP contribution in [-0.2, 0) is 5.41 Å². The van der Waals surface area contributed by atoms with E-state index in [1.165, 1.54) is 22.3 Å². The SMILES string of the molecule is CC1(C)c2ccccc2-c2ccc(-c3ccc4ccc5ccc(-c6cccc(-c7nc(-c8ccccc8)nc(-c8ccccc8)n7)c6)nc5c4n3)cc21. The highest BCUT2D eigenvalue weighted by atomic mass is 15.0. The molecule has 0 radical (unpaired) electrons. The molecule has 3 heterocycles. The van der Waals surface area contributed by atoms with Gasteiger partial charge >= 0.3 is 0 Å². The second-order valence-corrected chi connectivity index (χ2v) is 14.2. The summed E-state index contributed by atoms with van der Waals surface area (Å²) in [7, 11) is 0. The zero-order chi connectivity index (χ0) is 35.5. The third-order valence-corrected chi connectivity index (χ3v) is 10.5. The van der Waals surface area contributed by atoms with Gasteiger partial charge in [-0.2, -0.15) is 0 Å². The Hall–Kier alpha value is -6.85. The summed E-state index contributed by atoms with van der Waals surface area (Å²) in [6.07, 6.45) is 0. The van der Waals surface area contributed by atoms with Crippen LogP contribution in [0.1, 0.15) is 25.0 Å². The van der Waals surface area contributed by atoms with Gasteiger partial charge in [-0.1, -0.05) is 153 Å². The molecule has 0 spiro atoms. The van der Waals surface area contributed by atoms with E-state index in [-0.39, 0.29) is 5.41 Å². The van der Waals surface area contributed by atoms with E-state index in [0.717, 1.165) is 61.0 Å². The van der Waals surface area contributed by atoms with Crippen molar-refractivity contribution in [3.8, 4) is 67.8 Å². The van der Waals surface area contributed by atoms with Crippen LogP contribution in [0.4, 0.5) is 0 Å². The summed E-state index contributed by atoms with van der Waals surface area (Å²) >= 11 is 0. The number of aromatic nitrogens is 5. The molecule has 0 bridgehead atoms. The van der Waals surface area contributed by atoms with Crippen molar-refractivity contribution in [3.05, 3.63) is 175 Å². The minimum Gasteiger partial charge on any atom is -0.245 e. The molecule has 53 heavy (non-hydrogen) atoms. The molecule has 0 unspecified atom stereocenters. The van der Waals surface area contributed by atoms with Crippen molar-refractivity contribution in [1.82, 2.24) is 24.9 Å². The molecule has 1 aliphatic rings. The average molecular weight is 680 g/mol. The van der Waals surface area contributed by atoms with Gasteiger partial charge < -0.3 is 0 Å². The van der Waals surface area contributed by atoms with E-state index in [0.29, 0.717) is 17.5 Å². The summed E-state index contributed by atoms with van der Waals surface area (Å²) in [6, 6.07) is 56.7. The van der Waals surface area contributed by atoms with Gasteiger partial charge in [0, 0.05) is 44.0 Å². The van der Waals surface area contributed by atoms with Crippen LogP contribution in [0.15, 0.2) is 164 Å². The quantitative estimate of drug-likeness (QED) is 0.169. The first-order valence-electron chi connectivity index (χ1n) is 17.9. The lowest BCUT2D eigenvalue weighted by Gasteiger charge is -2.21. The van der Waals surface area contributed by atoms with E-state index in [1.54, 1.807) is 0 Å². The van der Waals surface area contributed by atoms with Crippen molar-refractivity contribution < 1.29 is 0 Å². The molecule has 5 nitrogen and oxygen atoms in total. The molecule has 0 saturated carbocycles. The third-order valence-electron chi connectivity index (χ3n) is 10.5. The lowest BCUT2D eigenvalue weighted by atomic mass is 9.82. The van der Waals surface area contributed by atoms with E-state index < -0.39 is 0 Å². The van der Waals surface area contributed by atoms with Crippen molar-refractivity contribution >= 4 is 21.8 Å². The number of hydrogen-bond acceptors (Lipinski definition) is 5. The summed E-state index contributed by atoms with van der Waals surface area (Å²) in [5.41, 5.74) is 13.7. The van der Waals surface area contributed by atoms with E-state index >= 15 is 0 Å². The van der Waals surface area contributed by atoms with Crippen LogP contribution in [0.3, 0.4) is 0 Å². The summed E-state index contributed by atoms with van der Waals surface area (Å²) in [4.78, 5) is 25.3. The number of rotatable bonds is 5. The summed E-state index contributed by atoms with van der Waals surface area (Å²) < 4.78 is 0. The third kappa shape index (κ3) is 5.28. The van der Waals surface area contributed by atoms with E-state index in [4.69, 9.17) is 24.9 Å². The van der Waals surface area contributed by atoms with Crippen molar-refractivity contribution in [2.45, 2.75) is 19.3 Å². The molecule has 10 rings (SSSR count). The van der Waals surface area contributed by atoms with Crippen LogP contribution in [0.5, 0.6) is 0 Å². The zero-order valence-corrected chi connectivity index (χ0v) is 29.3. The smallest absolute Gasteiger partial charge is 0.164 e. The van der Waals surface area contributed by atoms with Gasteiger partial charge in [-0.3, -0.25) is 0 Å². The maximum Gasteiger partial charge on any atom is 0.164 e. The number of pyridine rings is 2. The second-order valence-electron chi connectivity index (χ2n) is 14.2. The van der Waals surface area contributed by atoms with E-state index in [2.05, 4.69) is 105 Å². The minimum absolute atomic E-state index is 0.0794. The first-order valence-corrected chi connectivity index (χ1v) is 17.9. The Balaban J connectivity index is 1.06. The predicted octanol–water partition coefficient (Wildman–Crippen LogP) is 11.6. The van der Waals surface area contributed by atoms with Crippen LogP contribution >= 0.6 is 0 Å². The first kappa shape index (κ1) is 30.9. The molecular formula is C48H33N5. The Morgan fingerprint density at radius 2 is 0.811 bits per heavy atom. The van der Waals surface area contributed by atoms with Gasteiger partial charge in [0.15, 0.2) is 17.5 Å². The fraction of sp³-hybridized carbons (Fsp3) is 0.0625. The second kappa shape index (κ2) is 12.1. The van der Waals surface area contributed by atoms with E-state index in [9.17, 15) is 0 Å². The molecule has 0 fully saturated rings. The van der Waals surface area contributed by atoms with Crippen LogP contribution in [-0.4, -0.2) is 24.9 Å². The molecule has 0 amide bonds. The molecule has 0 saturated heterocycles. The molecule has 250 valence electrons. The Bertz CT molecular complexity index is 2810. The van der Waals surface area contributed by atoms with Crippen molar-refractivity contribution in [2.75, 3.05) is 0 Å². The maximum absolute atomic E-state index is 5.28.